The molecule has 0 saturated carbocycles. The van der Waals surface area contributed by atoms with Gasteiger partial charge in [0, 0.05) is 0 Å². The fourth-order valence-corrected chi connectivity index (χ4v) is 0.529. The standard InChI is InChI=1S/C6H6.C5H10O2.BrH.2FH/c1-2-4-6-5-3-1;1-5(2,3)7-4-6;;;/h1-6H;4H,1-3H3;3*1H. The van der Waals surface area contributed by atoms with Crippen LogP contribution in [0.15, 0.2) is 36.4 Å². The van der Waals surface area contributed by atoms with Gasteiger partial charge >= 0.3 is 0 Å². The summed E-state index contributed by atoms with van der Waals surface area (Å²) in [5.41, 5.74) is -0.318. The van der Waals surface area contributed by atoms with Gasteiger partial charge in [-0.05, 0) is 20.8 Å². The van der Waals surface area contributed by atoms with Crippen molar-refractivity contribution in [2.45, 2.75) is 26.4 Å². The molecule has 0 unspecified atom stereocenters. The van der Waals surface area contributed by atoms with Crippen LogP contribution in [-0.2, 0) is 9.53 Å². The molecule has 0 bridgehead atoms. The third kappa shape index (κ3) is 23.1. The zero-order valence-electron chi connectivity index (χ0n) is 9.58. The molecule has 0 heterocycles. The lowest BCUT2D eigenvalue weighted by atomic mass is 10.2. The van der Waals surface area contributed by atoms with E-state index in [1.807, 2.05) is 57.2 Å². The average Bonchev–Trinajstić information content (AvgIpc) is 2.06. The minimum atomic E-state index is -0.318. The van der Waals surface area contributed by atoms with Gasteiger partial charge in [0.25, 0.3) is 6.47 Å². The molecule has 1 rings (SSSR count). The van der Waals surface area contributed by atoms with Crippen molar-refractivity contribution in [3.63, 3.8) is 0 Å². The highest BCUT2D eigenvalue weighted by Gasteiger charge is 2.07. The molecule has 0 amide bonds. The molecular weight excluding hydrogens is 282 g/mol. The third-order valence-electron chi connectivity index (χ3n) is 1.07. The number of rotatable bonds is 1. The molecule has 0 N–H and O–H groups in total. The quantitative estimate of drug-likeness (QED) is 0.742. The van der Waals surface area contributed by atoms with E-state index in [-0.39, 0.29) is 32.0 Å². The average molecular weight is 301 g/mol. The summed E-state index contributed by atoms with van der Waals surface area (Å²) in [6.45, 7) is 5.92. The van der Waals surface area contributed by atoms with Crippen LogP contribution in [0.4, 0.5) is 9.41 Å². The first-order valence-electron chi connectivity index (χ1n) is 4.18. The van der Waals surface area contributed by atoms with Crippen LogP contribution < -0.4 is 0 Å². The van der Waals surface area contributed by atoms with Gasteiger partial charge in [0.15, 0.2) is 0 Å². The number of benzene rings is 1. The monoisotopic (exact) mass is 300 g/mol. The Labute approximate surface area is 106 Å². The van der Waals surface area contributed by atoms with Crippen LogP contribution in [0.3, 0.4) is 0 Å². The number of hydrogen-bond acceptors (Lipinski definition) is 2. The highest BCUT2D eigenvalue weighted by molar-refractivity contribution is 8.93. The maximum atomic E-state index is 9.60. The Morgan fingerprint density at radius 1 is 0.875 bits per heavy atom. The SMILES string of the molecule is Br.CC(C)(C)OC=O.F.F.c1ccccc1. The molecule has 1 aromatic rings. The molecule has 0 aliphatic heterocycles. The maximum absolute atomic E-state index is 9.60. The summed E-state index contributed by atoms with van der Waals surface area (Å²) in [7, 11) is 0. The van der Waals surface area contributed by atoms with Crippen molar-refractivity contribution in [3.8, 4) is 0 Å². The highest BCUT2D eigenvalue weighted by atomic mass is 79.9. The fourth-order valence-electron chi connectivity index (χ4n) is 0.529. The van der Waals surface area contributed by atoms with E-state index >= 15 is 0 Å². The van der Waals surface area contributed by atoms with E-state index in [9.17, 15) is 4.79 Å². The summed E-state index contributed by atoms with van der Waals surface area (Å²) >= 11 is 0. The van der Waals surface area contributed by atoms with Gasteiger partial charge in [0.1, 0.15) is 5.60 Å². The van der Waals surface area contributed by atoms with E-state index in [4.69, 9.17) is 0 Å². The minimum absolute atomic E-state index is 0. The summed E-state index contributed by atoms with van der Waals surface area (Å²) in [4.78, 5) is 9.60. The minimum Gasteiger partial charge on any atom is -0.462 e. The van der Waals surface area contributed by atoms with Gasteiger partial charge < -0.3 is 4.74 Å². The van der Waals surface area contributed by atoms with Crippen molar-refractivity contribution >= 4 is 23.5 Å². The molecule has 0 atom stereocenters. The first kappa shape index (κ1) is 24.3. The molecule has 0 radical (unpaired) electrons. The first-order valence-corrected chi connectivity index (χ1v) is 4.18. The second kappa shape index (κ2) is 14.0. The zero-order chi connectivity index (χ0) is 10.2. The smallest absolute Gasteiger partial charge is 0.293 e. The van der Waals surface area contributed by atoms with E-state index in [1.165, 1.54) is 0 Å². The normalized spacial score (nSPS) is 7.69. The van der Waals surface area contributed by atoms with Gasteiger partial charge in [-0.1, -0.05) is 36.4 Å². The second-order valence-electron chi connectivity index (χ2n) is 3.48. The molecule has 0 spiro atoms. The molecule has 2 nitrogen and oxygen atoms in total. The van der Waals surface area contributed by atoms with E-state index in [1.54, 1.807) is 0 Å². The molecule has 96 valence electrons. The van der Waals surface area contributed by atoms with Gasteiger partial charge in [-0.2, -0.15) is 0 Å². The summed E-state index contributed by atoms with van der Waals surface area (Å²) < 4.78 is 4.55. The van der Waals surface area contributed by atoms with E-state index in [0.29, 0.717) is 6.47 Å². The fraction of sp³-hybridized carbons (Fsp3) is 0.364. The Morgan fingerprint density at radius 3 is 1.19 bits per heavy atom. The lowest BCUT2D eigenvalue weighted by molar-refractivity contribution is -0.138. The second-order valence-corrected chi connectivity index (χ2v) is 3.48. The number of carbonyl (C=O) groups excluding carboxylic acids is 1. The van der Waals surface area contributed by atoms with Crippen molar-refractivity contribution in [1.29, 1.82) is 0 Å². The van der Waals surface area contributed by atoms with Crippen LogP contribution >= 0.6 is 17.0 Å². The Morgan fingerprint density at radius 2 is 1.12 bits per heavy atom. The summed E-state index contributed by atoms with van der Waals surface area (Å²) in [5.74, 6) is 0. The number of carbonyl (C=O) groups is 1. The van der Waals surface area contributed by atoms with Crippen LogP contribution in [0, 0.1) is 0 Å². The maximum Gasteiger partial charge on any atom is 0.293 e. The molecule has 0 aromatic heterocycles. The van der Waals surface area contributed by atoms with Gasteiger partial charge in [-0.3, -0.25) is 14.2 Å². The van der Waals surface area contributed by atoms with Gasteiger partial charge in [-0.25, -0.2) is 0 Å². The molecule has 0 saturated heterocycles. The van der Waals surface area contributed by atoms with Crippen molar-refractivity contribution in [1.82, 2.24) is 0 Å². The van der Waals surface area contributed by atoms with Gasteiger partial charge in [0.05, 0.1) is 0 Å². The van der Waals surface area contributed by atoms with Gasteiger partial charge in [0.2, 0.25) is 0 Å². The molecule has 1 aromatic carbocycles. The lowest BCUT2D eigenvalue weighted by Gasteiger charge is -2.14. The van der Waals surface area contributed by atoms with Crippen LogP contribution in [-0.4, -0.2) is 12.1 Å². The van der Waals surface area contributed by atoms with Crippen molar-refractivity contribution in [2.24, 2.45) is 0 Å². The van der Waals surface area contributed by atoms with Crippen LogP contribution in [0.2, 0.25) is 0 Å². The van der Waals surface area contributed by atoms with E-state index in [0.717, 1.165) is 0 Å². The molecule has 0 aliphatic rings. The molecule has 0 aliphatic carbocycles. The van der Waals surface area contributed by atoms with Crippen LogP contribution in [0.5, 0.6) is 0 Å². The van der Waals surface area contributed by atoms with Crippen molar-refractivity contribution < 1.29 is 18.9 Å². The predicted octanol–water partition coefficient (Wildman–Crippen LogP) is 3.53. The molecule has 16 heavy (non-hydrogen) atoms. The largest absolute Gasteiger partial charge is 0.462 e. The Kier molecular flexibility index (Phi) is 21.3. The summed E-state index contributed by atoms with van der Waals surface area (Å²) in [5, 5.41) is 0. The van der Waals surface area contributed by atoms with Crippen LogP contribution in [0.1, 0.15) is 20.8 Å². The lowest BCUT2D eigenvalue weighted by Crippen LogP contribution is -2.17. The van der Waals surface area contributed by atoms with Gasteiger partial charge in [-0.15, -0.1) is 17.0 Å². The molecular formula is C11H19BrF2O2. The Balaban J connectivity index is -0.0000000760. The van der Waals surface area contributed by atoms with Crippen molar-refractivity contribution in [2.75, 3.05) is 0 Å². The van der Waals surface area contributed by atoms with E-state index < -0.39 is 0 Å². The number of hydrogen-bond donors (Lipinski definition) is 0. The molecule has 0 fully saturated rings. The topological polar surface area (TPSA) is 26.3 Å². The van der Waals surface area contributed by atoms with E-state index in [2.05, 4.69) is 4.74 Å². The zero-order valence-corrected chi connectivity index (χ0v) is 11.3. The Bertz CT molecular complexity index is 198. The first-order chi connectivity index (χ1) is 6.06. The summed E-state index contributed by atoms with van der Waals surface area (Å²) in [6, 6.07) is 12.0. The van der Waals surface area contributed by atoms with Crippen LogP contribution in [0.25, 0.3) is 0 Å². The summed E-state index contributed by atoms with van der Waals surface area (Å²) in [6.07, 6.45) is 0. The molecule has 5 heteroatoms. The number of ether oxygens (including phenoxy) is 1. The third-order valence-corrected chi connectivity index (χ3v) is 1.07. The van der Waals surface area contributed by atoms with Crippen molar-refractivity contribution in [3.05, 3.63) is 36.4 Å². The predicted molar refractivity (Wildman–Crippen MR) is 68.7 cm³/mol. The number of halogens is 3. The highest BCUT2D eigenvalue weighted by Crippen LogP contribution is 2.02. The Hall–Kier alpha value is -0.970.